The fourth-order valence-electron chi connectivity index (χ4n) is 3.00. The Bertz CT molecular complexity index is 1080. The molecule has 0 aromatic heterocycles. The number of nitrogens with zero attached hydrogens (tertiary/aromatic N) is 1. The molecular weight excluding hydrogens is 425 g/mol. The molecule has 2 nitrogen and oxygen atoms in total. The third kappa shape index (κ3) is 5.04. The van der Waals surface area contributed by atoms with Gasteiger partial charge < -0.3 is 5.11 Å². The number of phenols is 1. The van der Waals surface area contributed by atoms with Crippen molar-refractivity contribution >= 4 is 41.3 Å². The maximum atomic E-state index is 10.8. The van der Waals surface area contributed by atoms with Crippen LogP contribution in [0.2, 0.25) is 0 Å². The van der Waals surface area contributed by atoms with Gasteiger partial charge in [0.25, 0.3) is 0 Å². The van der Waals surface area contributed by atoms with E-state index in [1.54, 1.807) is 6.21 Å². The number of aromatic hydroxyl groups is 1. The van der Waals surface area contributed by atoms with Crippen LogP contribution < -0.4 is 0 Å². The number of phenolic OH excluding ortho intramolecular Hbond substituents is 1. The molecule has 138 valence electrons. The van der Waals surface area contributed by atoms with Crippen LogP contribution in [0.5, 0.6) is 5.75 Å². The van der Waals surface area contributed by atoms with Crippen LogP contribution in [0.4, 0.5) is 5.69 Å². The molecular formula is C23H17Cl2NOTi. The standard InChI is InChI=1S/C23H17NO.2ClH.Ti/c25-23-18(16-24-19-11-2-1-3-12-19)10-7-15-22(23)21-14-6-9-17-8-4-5-13-20(17)21;;;/h1-16,25H;2*1H;/q;;;+2/p-2. The van der Waals surface area contributed by atoms with E-state index in [0.717, 1.165) is 27.6 Å². The van der Waals surface area contributed by atoms with Crippen LogP contribution in [0.1, 0.15) is 5.56 Å². The molecule has 0 saturated heterocycles. The van der Waals surface area contributed by atoms with E-state index in [1.807, 2.05) is 72.8 Å². The molecule has 0 fully saturated rings. The van der Waals surface area contributed by atoms with Gasteiger partial charge in [0.2, 0.25) is 0 Å². The Morgan fingerprint density at radius 1 is 0.714 bits per heavy atom. The van der Waals surface area contributed by atoms with Crippen molar-refractivity contribution in [2.45, 2.75) is 0 Å². The summed E-state index contributed by atoms with van der Waals surface area (Å²) in [6.45, 7) is 0. The predicted octanol–water partition coefficient (Wildman–Crippen LogP) is 7.34. The molecule has 5 heteroatoms. The van der Waals surface area contributed by atoms with E-state index in [4.69, 9.17) is 18.6 Å². The van der Waals surface area contributed by atoms with Crippen molar-refractivity contribution in [2.75, 3.05) is 0 Å². The summed E-state index contributed by atoms with van der Waals surface area (Å²) in [7, 11) is 9.78. The van der Waals surface area contributed by atoms with Gasteiger partial charge in [-0.15, -0.1) is 0 Å². The summed E-state index contributed by atoms with van der Waals surface area (Å²) in [5.74, 6) is 0.249. The molecule has 0 heterocycles. The molecule has 0 amide bonds. The van der Waals surface area contributed by atoms with E-state index < -0.39 is 17.0 Å². The zero-order chi connectivity index (χ0) is 19.8. The van der Waals surface area contributed by atoms with Crippen molar-refractivity contribution in [1.29, 1.82) is 0 Å². The Hall–Kier alpha value is -2.10. The van der Waals surface area contributed by atoms with Crippen LogP contribution in [0.25, 0.3) is 21.9 Å². The molecule has 28 heavy (non-hydrogen) atoms. The average Bonchev–Trinajstić information content (AvgIpc) is 2.74. The van der Waals surface area contributed by atoms with Gasteiger partial charge in [0.1, 0.15) is 5.75 Å². The number of hydrogen-bond donors (Lipinski definition) is 1. The Labute approximate surface area is 181 Å². The first-order valence-corrected chi connectivity index (χ1v) is 12.9. The normalized spacial score (nSPS) is 10.5. The summed E-state index contributed by atoms with van der Waals surface area (Å²) < 4.78 is 0. The minimum absolute atomic E-state index is 0.249. The summed E-state index contributed by atoms with van der Waals surface area (Å²) in [5, 5.41) is 13.1. The fourth-order valence-corrected chi connectivity index (χ4v) is 3.00. The molecule has 0 aliphatic carbocycles. The van der Waals surface area contributed by atoms with Crippen molar-refractivity contribution in [3.05, 3.63) is 96.6 Å². The van der Waals surface area contributed by atoms with Crippen molar-refractivity contribution < 1.29 is 22.1 Å². The Balaban J connectivity index is 0.000000706. The number of para-hydroxylation sites is 2. The van der Waals surface area contributed by atoms with Crippen molar-refractivity contribution in [3.63, 3.8) is 0 Å². The van der Waals surface area contributed by atoms with Crippen LogP contribution in [0, 0.1) is 0 Å². The first-order valence-electron chi connectivity index (χ1n) is 8.60. The fraction of sp³-hybridized carbons (Fsp3) is 0. The van der Waals surface area contributed by atoms with E-state index >= 15 is 0 Å². The van der Waals surface area contributed by atoms with Gasteiger partial charge in [0.05, 0.1) is 5.69 Å². The maximum absolute atomic E-state index is 10.8. The van der Waals surface area contributed by atoms with Gasteiger partial charge >= 0.3 is 35.6 Å². The monoisotopic (exact) mass is 441 g/mol. The molecule has 0 unspecified atom stereocenters. The summed E-state index contributed by atoms with van der Waals surface area (Å²) in [4.78, 5) is 4.45. The number of fused-ring (bicyclic) bond motifs is 1. The molecule has 0 aliphatic heterocycles. The van der Waals surface area contributed by atoms with E-state index in [9.17, 15) is 5.11 Å². The second kappa shape index (κ2) is 10.4. The van der Waals surface area contributed by atoms with Gasteiger partial charge in [-0.2, -0.15) is 0 Å². The van der Waals surface area contributed by atoms with Crippen molar-refractivity contribution in [1.82, 2.24) is 0 Å². The van der Waals surface area contributed by atoms with Gasteiger partial charge in [0.15, 0.2) is 0 Å². The van der Waals surface area contributed by atoms with E-state index in [1.165, 1.54) is 0 Å². The molecule has 0 bridgehead atoms. The van der Waals surface area contributed by atoms with Crippen LogP contribution in [0.15, 0.2) is 96.0 Å². The van der Waals surface area contributed by atoms with Gasteiger partial charge in [0, 0.05) is 17.3 Å². The molecule has 4 aromatic rings. The average molecular weight is 442 g/mol. The van der Waals surface area contributed by atoms with Crippen LogP contribution in [0.3, 0.4) is 0 Å². The molecule has 0 saturated carbocycles. The Kier molecular flexibility index (Phi) is 7.70. The second-order valence-corrected chi connectivity index (χ2v) is 8.51. The number of halogens is 2. The zero-order valence-corrected chi connectivity index (χ0v) is 18.0. The first-order chi connectivity index (χ1) is 13.7. The summed E-state index contributed by atoms with van der Waals surface area (Å²) in [5.41, 5.74) is 3.39. The molecule has 0 radical (unpaired) electrons. The van der Waals surface area contributed by atoms with Crippen LogP contribution in [-0.4, -0.2) is 11.3 Å². The van der Waals surface area contributed by atoms with E-state index in [-0.39, 0.29) is 5.75 Å². The van der Waals surface area contributed by atoms with Gasteiger partial charge in [-0.05, 0) is 34.5 Å². The molecule has 0 aliphatic rings. The van der Waals surface area contributed by atoms with Crippen LogP contribution >= 0.6 is 18.6 Å². The van der Waals surface area contributed by atoms with E-state index in [0.29, 0.717) is 5.56 Å². The minimum atomic E-state index is -0.556. The molecule has 4 aromatic carbocycles. The SMILES string of the molecule is Oc1c(C=Nc2ccccc2)cccc1-c1cccc2ccccc12.[Cl][Ti][Cl]. The molecule has 0 spiro atoms. The molecule has 0 atom stereocenters. The number of hydrogen-bond acceptors (Lipinski definition) is 2. The predicted molar refractivity (Wildman–Crippen MR) is 116 cm³/mol. The van der Waals surface area contributed by atoms with Gasteiger partial charge in [-0.25, -0.2) is 0 Å². The van der Waals surface area contributed by atoms with E-state index in [2.05, 4.69) is 23.2 Å². The Morgan fingerprint density at radius 2 is 1.32 bits per heavy atom. The number of aliphatic imine (C=N–C) groups is 1. The quantitative estimate of drug-likeness (QED) is 0.261. The second-order valence-electron chi connectivity index (χ2n) is 5.94. The topological polar surface area (TPSA) is 32.6 Å². The summed E-state index contributed by atoms with van der Waals surface area (Å²) in [6.07, 6.45) is 1.71. The van der Waals surface area contributed by atoms with Crippen molar-refractivity contribution in [3.8, 4) is 16.9 Å². The Morgan fingerprint density at radius 3 is 2.11 bits per heavy atom. The van der Waals surface area contributed by atoms with Gasteiger partial charge in [-0.3, -0.25) is 4.99 Å². The molecule has 4 rings (SSSR count). The molecule has 1 N–H and O–H groups in total. The number of benzene rings is 4. The third-order valence-electron chi connectivity index (χ3n) is 4.26. The third-order valence-corrected chi connectivity index (χ3v) is 4.26. The van der Waals surface area contributed by atoms with Crippen LogP contribution in [-0.2, 0) is 17.0 Å². The zero-order valence-electron chi connectivity index (χ0n) is 14.9. The van der Waals surface area contributed by atoms with Crippen molar-refractivity contribution in [2.24, 2.45) is 4.99 Å². The summed E-state index contributed by atoms with van der Waals surface area (Å²) >= 11 is -0.556. The summed E-state index contributed by atoms with van der Waals surface area (Å²) in [6, 6.07) is 29.8. The van der Waals surface area contributed by atoms with Gasteiger partial charge in [-0.1, -0.05) is 72.8 Å². The number of rotatable bonds is 3. The first kappa shape index (κ1) is 20.6.